The van der Waals surface area contributed by atoms with Crippen molar-refractivity contribution in [3.8, 4) is 5.75 Å². The Morgan fingerprint density at radius 3 is 2.33 bits per heavy atom. The zero-order valence-corrected chi connectivity index (χ0v) is 23.5. The molecule has 2 aliphatic heterocycles. The monoisotopic (exact) mass is 637 g/mol. The number of ether oxygens (including phenoxy) is 2. The molecule has 5 rings (SSSR count). The molecule has 11 nitrogen and oxygen atoms in total. The van der Waals surface area contributed by atoms with Crippen molar-refractivity contribution in [2.75, 3.05) is 75.4 Å². The summed E-state index contributed by atoms with van der Waals surface area (Å²) in [5.74, 6) is -2.34. The minimum atomic E-state index is -5.46. The summed E-state index contributed by atoms with van der Waals surface area (Å²) >= 11 is 6.40. The van der Waals surface area contributed by atoms with Crippen molar-refractivity contribution in [1.29, 1.82) is 0 Å². The van der Waals surface area contributed by atoms with Crippen LogP contribution in [0.2, 0.25) is 5.02 Å². The van der Waals surface area contributed by atoms with E-state index in [1.54, 1.807) is 12.1 Å². The van der Waals surface area contributed by atoms with Crippen molar-refractivity contribution in [1.82, 2.24) is 24.8 Å². The van der Waals surface area contributed by atoms with Gasteiger partial charge in [0.15, 0.2) is 5.69 Å². The van der Waals surface area contributed by atoms with E-state index in [0.29, 0.717) is 43.7 Å². The molecule has 2 saturated heterocycles. The molecule has 43 heavy (non-hydrogen) atoms. The molecule has 0 N–H and O–H groups in total. The van der Waals surface area contributed by atoms with E-state index in [2.05, 4.69) is 24.8 Å². The summed E-state index contributed by atoms with van der Waals surface area (Å²) in [6.07, 6.45) is -9.70. The Bertz CT molecular complexity index is 1470. The highest BCUT2D eigenvalue weighted by Crippen LogP contribution is 2.38. The number of fused-ring (bicyclic) bond motifs is 1. The highest BCUT2D eigenvalue weighted by atomic mass is 35.5. The molecule has 0 radical (unpaired) electrons. The number of nitrogens with zero attached hydrogens (tertiary/aromatic N) is 7. The van der Waals surface area contributed by atoms with Gasteiger partial charge in [0.2, 0.25) is 5.65 Å². The second kappa shape index (κ2) is 12.2. The zero-order valence-electron chi connectivity index (χ0n) is 22.7. The molecule has 0 saturated carbocycles. The number of aromatic nitrogens is 4. The first-order valence-electron chi connectivity index (χ1n) is 13.2. The molecule has 18 heteroatoms. The number of hydrogen-bond acceptors (Lipinski definition) is 10. The first-order chi connectivity index (χ1) is 20.3. The standard InChI is InChI=1S/C25H26ClF6N7O4/c1-15-17(12-16(26)13-18(15)42-11-8-36-6-9-41-10-7-36)37-2-4-38(5-3-37)21-19-20(24(27,28)29)35-39(22(19)34-14-33-21)43-23(40)25(30,31)32/h12-14H,2-11H2,1H3. The molecule has 0 amide bonds. The highest BCUT2D eigenvalue weighted by molar-refractivity contribution is 6.31. The minimum absolute atomic E-state index is 0.175. The van der Waals surface area contributed by atoms with E-state index < -0.39 is 35.0 Å². The number of benzene rings is 1. The number of anilines is 2. The quantitative estimate of drug-likeness (QED) is 0.359. The number of hydrogen-bond donors (Lipinski definition) is 0. The van der Waals surface area contributed by atoms with Crippen LogP contribution in [0.5, 0.6) is 5.75 Å². The van der Waals surface area contributed by atoms with Crippen LogP contribution in [-0.2, 0) is 15.7 Å². The van der Waals surface area contributed by atoms with Crippen LogP contribution in [0.25, 0.3) is 11.0 Å². The third-order valence-electron chi connectivity index (χ3n) is 7.07. The maximum atomic E-state index is 13.9. The van der Waals surface area contributed by atoms with Crippen LogP contribution in [0.15, 0.2) is 18.5 Å². The molecular weight excluding hydrogens is 612 g/mol. The van der Waals surface area contributed by atoms with Crippen LogP contribution in [-0.4, -0.2) is 103 Å². The summed E-state index contributed by atoms with van der Waals surface area (Å²) in [6.45, 7) is 7.15. The molecule has 0 atom stereocenters. The molecule has 1 aromatic carbocycles. The summed E-state index contributed by atoms with van der Waals surface area (Å²) in [7, 11) is 0. The number of halogens is 7. The van der Waals surface area contributed by atoms with Crippen molar-refractivity contribution >= 4 is 40.1 Å². The van der Waals surface area contributed by atoms with Gasteiger partial charge in [0, 0.05) is 62.1 Å². The number of morpholine rings is 1. The van der Waals surface area contributed by atoms with Crippen molar-refractivity contribution in [3.63, 3.8) is 0 Å². The van der Waals surface area contributed by atoms with Gasteiger partial charge in [0.1, 0.15) is 24.5 Å². The second-order valence-electron chi connectivity index (χ2n) is 9.82. The fourth-order valence-corrected chi connectivity index (χ4v) is 5.13. The van der Waals surface area contributed by atoms with Gasteiger partial charge in [-0.25, -0.2) is 14.8 Å². The van der Waals surface area contributed by atoms with Gasteiger partial charge in [-0.05, 0) is 19.1 Å². The maximum absolute atomic E-state index is 13.9. The van der Waals surface area contributed by atoms with Crippen LogP contribution in [0.3, 0.4) is 0 Å². The molecule has 2 aromatic heterocycles. The van der Waals surface area contributed by atoms with Gasteiger partial charge in [0.05, 0.1) is 18.6 Å². The van der Waals surface area contributed by atoms with Crippen LogP contribution in [0.1, 0.15) is 11.3 Å². The van der Waals surface area contributed by atoms with E-state index in [9.17, 15) is 31.1 Å². The lowest BCUT2D eigenvalue weighted by atomic mass is 10.1. The van der Waals surface area contributed by atoms with E-state index in [0.717, 1.165) is 37.2 Å². The summed E-state index contributed by atoms with van der Waals surface area (Å²) < 4.78 is 91.3. The average Bonchev–Trinajstić information content (AvgIpc) is 3.34. The van der Waals surface area contributed by atoms with E-state index in [4.69, 9.17) is 21.1 Å². The Kier molecular flexibility index (Phi) is 8.76. The van der Waals surface area contributed by atoms with E-state index in [-0.39, 0.29) is 23.8 Å². The molecule has 3 aromatic rings. The molecule has 2 aliphatic rings. The predicted octanol–water partition coefficient (Wildman–Crippen LogP) is 3.36. The van der Waals surface area contributed by atoms with Gasteiger partial charge in [0.25, 0.3) is 0 Å². The summed E-state index contributed by atoms with van der Waals surface area (Å²) in [6, 6.07) is 3.51. The molecule has 0 unspecified atom stereocenters. The fourth-order valence-electron chi connectivity index (χ4n) is 4.93. The van der Waals surface area contributed by atoms with Gasteiger partial charge in [-0.15, -0.1) is 5.10 Å². The van der Waals surface area contributed by atoms with Crippen molar-refractivity contribution in [3.05, 3.63) is 34.7 Å². The number of alkyl halides is 6. The smallest absolute Gasteiger partial charge is 0.492 e. The summed E-state index contributed by atoms with van der Waals surface area (Å²) in [4.78, 5) is 28.6. The Morgan fingerprint density at radius 2 is 1.67 bits per heavy atom. The zero-order chi connectivity index (χ0) is 30.9. The normalized spacial score (nSPS) is 17.0. The van der Waals surface area contributed by atoms with Crippen LogP contribution >= 0.6 is 11.6 Å². The summed E-state index contributed by atoms with van der Waals surface area (Å²) in [5, 5.41) is 2.86. The number of rotatable bonds is 7. The fraction of sp³-hybridized carbons (Fsp3) is 0.520. The maximum Gasteiger partial charge on any atom is 0.493 e. The lowest BCUT2D eigenvalue weighted by molar-refractivity contribution is -0.201. The van der Waals surface area contributed by atoms with E-state index in [1.165, 1.54) is 4.90 Å². The molecule has 0 spiro atoms. The largest absolute Gasteiger partial charge is 0.493 e. The first kappa shape index (κ1) is 30.9. The van der Waals surface area contributed by atoms with E-state index >= 15 is 0 Å². The molecule has 2 fully saturated rings. The molecule has 4 heterocycles. The van der Waals surface area contributed by atoms with Crippen LogP contribution in [0.4, 0.5) is 37.8 Å². The Balaban J connectivity index is 1.34. The van der Waals surface area contributed by atoms with Gasteiger partial charge in [-0.1, -0.05) is 16.4 Å². The third-order valence-corrected chi connectivity index (χ3v) is 7.29. The Labute approximate surface area is 245 Å². The SMILES string of the molecule is Cc1c(OCCN2CCOCC2)cc(Cl)cc1N1CCN(c2ncnc3c2c(C(F)(F)F)nn3OC(=O)C(F)(F)F)CC1. The predicted molar refractivity (Wildman–Crippen MR) is 141 cm³/mol. The topological polar surface area (TPSA) is 98.1 Å². The Hall–Kier alpha value is -3.57. The molecular formula is C25H26ClF6N7O4. The van der Waals surface area contributed by atoms with E-state index in [1.807, 2.05) is 11.8 Å². The third kappa shape index (κ3) is 6.83. The highest BCUT2D eigenvalue weighted by Gasteiger charge is 2.45. The molecule has 0 aliphatic carbocycles. The summed E-state index contributed by atoms with van der Waals surface area (Å²) in [5.41, 5.74) is -0.678. The minimum Gasteiger partial charge on any atom is -0.492 e. The van der Waals surface area contributed by atoms with Crippen LogP contribution in [0, 0.1) is 6.92 Å². The van der Waals surface area contributed by atoms with Gasteiger partial charge < -0.3 is 24.1 Å². The van der Waals surface area contributed by atoms with Crippen molar-refractivity contribution in [2.45, 2.75) is 19.3 Å². The lowest BCUT2D eigenvalue weighted by Gasteiger charge is -2.37. The Morgan fingerprint density at radius 1 is 1.00 bits per heavy atom. The van der Waals surface area contributed by atoms with Gasteiger partial charge in [-0.3, -0.25) is 4.90 Å². The number of piperazine rings is 1. The first-order valence-corrected chi connectivity index (χ1v) is 13.5. The van der Waals surface area contributed by atoms with Gasteiger partial charge in [-0.2, -0.15) is 26.3 Å². The van der Waals surface area contributed by atoms with Crippen molar-refractivity contribution in [2.24, 2.45) is 0 Å². The number of carbonyl (C=O) groups is 1. The molecule has 234 valence electrons. The second-order valence-corrected chi connectivity index (χ2v) is 10.3. The average molecular weight is 638 g/mol. The van der Waals surface area contributed by atoms with Crippen LogP contribution < -0.4 is 19.4 Å². The van der Waals surface area contributed by atoms with Crippen molar-refractivity contribution < 1.29 is 45.4 Å². The number of carbonyl (C=O) groups excluding carboxylic acids is 1. The van der Waals surface area contributed by atoms with Gasteiger partial charge >= 0.3 is 18.3 Å². The molecule has 0 bridgehead atoms. The lowest BCUT2D eigenvalue weighted by Crippen LogP contribution is -2.47.